The quantitative estimate of drug-likeness (QED) is 0.547. The summed E-state index contributed by atoms with van der Waals surface area (Å²) in [5, 5.41) is 11.1. The fourth-order valence-corrected chi connectivity index (χ4v) is 2.56. The normalized spacial score (nSPS) is 15.9. The summed E-state index contributed by atoms with van der Waals surface area (Å²) in [7, 11) is 0. The number of carbonyl (C=O) groups is 2. The molecule has 0 spiro atoms. The highest BCUT2D eigenvalue weighted by Gasteiger charge is 2.46. The van der Waals surface area contributed by atoms with Crippen LogP contribution in [0.2, 0.25) is 0 Å². The Morgan fingerprint density at radius 1 is 1.29 bits per heavy atom. The van der Waals surface area contributed by atoms with Crippen LogP contribution < -0.4 is 10.8 Å². The smallest absolute Gasteiger partial charge is 0.316 e. The fourth-order valence-electron chi connectivity index (χ4n) is 2.56. The van der Waals surface area contributed by atoms with E-state index >= 15 is 0 Å². The Balaban J connectivity index is 2.10. The third-order valence-electron chi connectivity index (χ3n) is 3.83. The summed E-state index contributed by atoms with van der Waals surface area (Å²) >= 11 is 0. The van der Waals surface area contributed by atoms with E-state index in [1.54, 1.807) is 24.5 Å². The van der Waals surface area contributed by atoms with Crippen LogP contribution in [0.3, 0.4) is 0 Å². The number of esters is 1. The third kappa shape index (κ3) is 3.22. The summed E-state index contributed by atoms with van der Waals surface area (Å²) in [5.41, 5.74) is 2.82. The maximum Gasteiger partial charge on any atom is 0.316 e. The lowest BCUT2D eigenvalue weighted by molar-refractivity contribution is -0.153. The predicted molar refractivity (Wildman–Crippen MR) is 77.0 cm³/mol. The molecule has 0 heterocycles. The molecule has 0 bridgehead atoms. The molecule has 0 saturated heterocycles. The molecule has 0 aliphatic heterocycles. The van der Waals surface area contributed by atoms with E-state index in [4.69, 9.17) is 9.94 Å². The van der Waals surface area contributed by atoms with Crippen molar-refractivity contribution in [3.8, 4) is 0 Å². The number of hydrogen-bond donors (Lipinski definition) is 3. The average Bonchev–Trinajstić information content (AvgIpc) is 2.40. The summed E-state index contributed by atoms with van der Waals surface area (Å²) in [5.74, 6) is -0.508. The van der Waals surface area contributed by atoms with Gasteiger partial charge in [0.05, 0.1) is 12.0 Å². The molecule has 0 aromatic heterocycles. The molecule has 2 rings (SSSR count). The minimum absolute atomic E-state index is 0.169. The molecule has 21 heavy (non-hydrogen) atoms. The number of hydroxylamine groups is 1. The molecule has 1 aromatic rings. The summed E-state index contributed by atoms with van der Waals surface area (Å²) < 4.78 is 5.19. The minimum Gasteiger partial charge on any atom is -0.465 e. The largest absolute Gasteiger partial charge is 0.465 e. The third-order valence-corrected chi connectivity index (χ3v) is 3.83. The van der Waals surface area contributed by atoms with Gasteiger partial charge in [0.2, 0.25) is 5.91 Å². The lowest BCUT2D eigenvalue weighted by atomic mass is 9.64. The average molecular weight is 292 g/mol. The van der Waals surface area contributed by atoms with Crippen LogP contribution in [0.25, 0.3) is 0 Å². The second kappa shape index (κ2) is 6.69. The molecule has 0 unspecified atom stereocenters. The molecule has 3 N–H and O–H groups in total. The molecule has 6 nitrogen and oxygen atoms in total. The van der Waals surface area contributed by atoms with Gasteiger partial charge in [-0.2, -0.15) is 5.48 Å². The van der Waals surface area contributed by atoms with Gasteiger partial charge in [-0.05, 0) is 37.5 Å². The lowest BCUT2D eigenvalue weighted by Crippen LogP contribution is -2.43. The monoisotopic (exact) mass is 292 g/mol. The van der Waals surface area contributed by atoms with Gasteiger partial charge in [0.15, 0.2) is 0 Å². The Morgan fingerprint density at radius 2 is 1.95 bits per heavy atom. The number of benzene rings is 1. The molecule has 0 atom stereocenters. The van der Waals surface area contributed by atoms with Crippen molar-refractivity contribution < 1.29 is 19.5 Å². The lowest BCUT2D eigenvalue weighted by Gasteiger charge is -2.39. The highest BCUT2D eigenvalue weighted by molar-refractivity contribution is 5.92. The second-order valence-corrected chi connectivity index (χ2v) is 5.12. The summed E-state index contributed by atoms with van der Waals surface area (Å²) in [6.07, 6.45) is 2.61. The molecule has 1 aliphatic carbocycles. The SMILES string of the molecule is CCOC(=O)C1(c2ccc(NC(=O)CNO)cc2)CCC1. The van der Waals surface area contributed by atoms with Crippen LogP contribution >= 0.6 is 0 Å². The molecule has 1 aromatic carbocycles. The van der Waals surface area contributed by atoms with Crippen molar-refractivity contribution >= 4 is 17.6 Å². The van der Waals surface area contributed by atoms with E-state index in [0.717, 1.165) is 24.8 Å². The van der Waals surface area contributed by atoms with Gasteiger partial charge in [0.25, 0.3) is 0 Å². The Kier molecular flexibility index (Phi) is 4.93. The molecule has 1 aliphatic rings. The first-order valence-corrected chi connectivity index (χ1v) is 7.07. The molecule has 6 heteroatoms. The van der Waals surface area contributed by atoms with Crippen molar-refractivity contribution in [2.24, 2.45) is 0 Å². The van der Waals surface area contributed by atoms with Crippen LogP contribution in [0.4, 0.5) is 5.69 Å². The molecule has 0 radical (unpaired) electrons. The van der Waals surface area contributed by atoms with Gasteiger partial charge in [-0.3, -0.25) is 9.59 Å². The van der Waals surface area contributed by atoms with E-state index < -0.39 is 5.41 Å². The number of anilines is 1. The van der Waals surface area contributed by atoms with Crippen LogP contribution in [0, 0.1) is 0 Å². The summed E-state index contributed by atoms with van der Waals surface area (Å²) in [6.45, 7) is 2.01. The fraction of sp³-hybridized carbons (Fsp3) is 0.467. The Morgan fingerprint density at radius 3 is 2.43 bits per heavy atom. The Bertz CT molecular complexity index is 509. The maximum atomic E-state index is 12.2. The Hall–Kier alpha value is -1.92. The van der Waals surface area contributed by atoms with Gasteiger partial charge in [0.1, 0.15) is 6.54 Å². The topological polar surface area (TPSA) is 87.7 Å². The molecular weight excluding hydrogens is 272 g/mol. The van der Waals surface area contributed by atoms with Gasteiger partial charge in [-0.15, -0.1) is 0 Å². The molecule has 114 valence electrons. The van der Waals surface area contributed by atoms with Gasteiger partial charge in [-0.25, -0.2) is 0 Å². The van der Waals surface area contributed by atoms with Crippen LogP contribution in [0.5, 0.6) is 0 Å². The molecule has 1 amide bonds. The van der Waals surface area contributed by atoms with E-state index in [0.29, 0.717) is 12.3 Å². The van der Waals surface area contributed by atoms with Crippen LogP contribution in [-0.4, -0.2) is 30.2 Å². The predicted octanol–water partition coefficient (Wildman–Crippen LogP) is 1.59. The standard InChI is InChI=1S/C15H20N2O4/c1-2-21-14(19)15(8-3-9-15)11-4-6-12(7-5-11)17-13(18)10-16-20/h4-7,16,20H,2-3,8-10H2,1H3,(H,17,18). The number of amides is 1. The number of carbonyl (C=O) groups excluding carboxylic acids is 2. The van der Waals surface area contributed by atoms with Crippen LogP contribution in [0.15, 0.2) is 24.3 Å². The van der Waals surface area contributed by atoms with E-state index in [1.807, 2.05) is 12.1 Å². The number of ether oxygens (including phenoxy) is 1. The zero-order chi connectivity index (χ0) is 15.3. The highest BCUT2D eigenvalue weighted by atomic mass is 16.5. The maximum absolute atomic E-state index is 12.2. The van der Waals surface area contributed by atoms with E-state index in [9.17, 15) is 9.59 Å². The van der Waals surface area contributed by atoms with Crippen molar-refractivity contribution in [3.05, 3.63) is 29.8 Å². The summed E-state index contributed by atoms with van der Waals surface area (Å²) in [6, 6.07) is 7.20. The molecule has 1 fully saturated rings. The van der Waals surface area contributed by atoms with Crippen molar-refractivity contribution in [1.82, 2.24) is 5.48 Å². The molecule has 1 saturated carbocycles. The number of nitrogens with one attached hydrogen (secondary N) is 2. The summed E-state index contributed by atoms with van der Waals surface area (Å²) in [4.78, 5) is 23.5. The van der Waals surface area contributed by atoms with E-state index in [-0.39, 0.29) is 18.4 Å². The number of hydrogen-bond acceptors (Lipinski definition) is 5. The molecular formula is C15H20N2O4. The van der Waals surface area contributed by atoms with Crippen LogP contribution in [0.1, 0.15) is 31.7 Å². The minimum atomic E-state index is -0.523. The van der Waals surface area contributed by atoms with Crippen LogP contribution in [-0.2, 0) is 19.7 Å². The van der Waals surface area contributed by atoms with Gasteiger partial charge < -0.3 is 15.3 Å². The van der Waals surface area contributed by atoms with Crippen molar-refractivity contribution in [1.29, 1.82) is 0 Å². The first-order chi connectivity index (χ1) is 10.1. The zero-order valence-corrected chi connectivity index (χ0v) is 12.0. The van der Waals surface area contributed by atoms with Crippen molar-refractivity contribution in [2.45, 2.75) is 31.6 Å². The second-order valence-electron chi connectivity index (χ2n) is 5.12. The van der Waals surface area contributed by atoms with E-state index in [2.05, 4.69) is 5.32 Å². The van der Waals surface area contributed by atoms with Crippen molar-refractivity contribution in [2.75, 3.05) is 18.5 Å². The van der Waals surface area contributed by atoms with Gasteiger partial charge in [0, 0.05) is 5.69 Å². The highest BCUT2D eigenvalue weighted by Crippen LogP contribution is 2.45. The van der Waals surface area contributed by atoms with Gasteiger partial charge >= 0.3 is 5.97 Å². The number of rotatable bonds is 6. The van der Waals surface area contributed by atoms with Gasteiger partial charge in [-0.1, -0.05) is 18.6 Å². The first-order valence-electron chi connectivity index (χ1n) is 7.07. The van der Waals surface area contributed by atoms with E-state index in [1.165, 1.54) is 0 Å². The Labute approximate surface area is 123 Å². The first kappa shape index (κ1) is 15.5. The van der Waals surface area contributed by atoms with Crippen molar-refractivity contribution in [3.63, 3.8) is 0 Å². The zero-order valence-electron chi connectivity index (χ0n) is 12.0.